The number of phenols is 1. The third-order valence-electron chi connectivity index (χ3n) is 3.34. The first-order valence-corrected chi connectivity index (χ1v) is 6.80. The fourth-order valence-electron chi connectivity index (χ4n) is 2.28. The monoisotopic (exact) mass is 283 g/mol. The zero-order valence-electron chi connectivity index (χ0n) is 11.8. The van der Waals surface area contributed by atoms with Gasteiger partial charge in [-0.05, 0) is 29.8 Å². The van der Waals surface area contributed by atoms with Crippen LogP contribution in [0, 0.1) is 0 Å². The highest BCUT2D eigenvalue weighted by Gasteiger charge is 2.08. The highest BCUT2D eigenvalue weighted by Crippen LogP contribution is 2.28. The summed E-state index contributed by atoms with van der Waals surface area (Å²) in [4.78, 5) is 0. The molecule has 0 radical (unpaired) electrons. The number of furan rings is 1. The van der Waals surface area contributed by atoms with Crippen molar-refractivity contribution < 1.29 is 14.3 Å². The van der Waals surface area contributed by atoms with E-state index >= 15 is 0 Å². The third kappa shape index (κ3) is 3.01. The van der Waals surface area contributed by atoms with E-state index in [4.69, 9.17) is 9.15 Å². The van der Waals surface area contributed by atoms with Gasteiger partial charge in [-0.1, -0.05) is 24.3 Å². The molecule has 0 atom stereocenters. The van der Waals surface area contributed by atoms with Crippen LogP contribution in [0.25, 0.3) is 11.0 Å². The third-order valence-corrected chi connectivity index (χ3v) is 3.34. The largest absolute Gasteiger partial charge is 0.508 e. The topological polar surface area (TPSA) is 54.6 Å². The van der Waals surface area contributed by atoms with Crippen molar-refractivity contribution in [3.63, 3.8) is 0 Å². The number of para-hydroxylation sites is 1. The van der Waals surface area contributed by atoms with Crippen LogP contribution >= 0.6 is 0 Å². The predicted molar refractivity (Wildman–Crippen MR) is 81.4 cm³/mol. The maximum absolute atomic E-state index is 9.24. The molecule has 1 aromatic heterocycles. The first kappa shape index (κ1) is 13.5. The zero-order valence-corrected chi connectivity index (χ0v) is 11.8. The Labute approximate surface area is 123 Å². The van der Waals surface area contributed by atoms with Crippen LogP contribution in [0.2, 0.25) is 0 Å². The van der Waals surface area contributed by atoms with Crippen molar-refractivity contribution in [1.82, 2.24) is 5.32 Å². The van der Waals surface area contributed by atoms with E-state index in [0.29, 0.717) is 13.1 Å². The molecule has 4 heteroatoms. The minimum Gasteiger partial charge on any atom is -0.508 e. The highest BCUT2D eigenvalue weighted by atomic mass is 16.5. The second-order valence-corrected chi connectivity index (χ2v) is 4.86. The zero-order chi connectivity index (χ0) is 14.7. The Bertz CT molecular complexity index is 731. The van der Waals surface area contributed by atoms with Gasteiger partial charge in [0.25, 0.3) is 0 Å². The van der Waals surface area contributed by atoms with E-state index in [0.717, 1.165) is 28.0 Å². The van der Waals surface area contributed by atoms with Gasteiger partial charge in [-0.15, -0.1) is 0 Å². The van der Waals surface area contributed by atoms with Crippen LogP contribution in [0.3, 0.4) is 0 Å². The van der Waals surface area contributed by atoms with Gasteiger partial charge in [0.1, 0.15) is 11.5 Å². The van der Waals surface area contributed by atoms with Crippen LogP contribution in [0.5, 0.6) is 11.5 Å². The number of fused-ring (bicyclic) bond motifs is 1. The standard InChI is InChI=1S/C17H17NO3/c1-20-16-4-2-3-13-9-15(21-17(13)16)11-18-10-12-5-7-14(19)8-6-12/h2-9,18-19H,10-11H2,1H3. The maximum Gasteiger partial charge on any atom is 0.176 e. The highest BCUT2D eigenvalue weighted by molar-refractivity contribution is 5.83. The molecule has 0 bridgehead atoms. The molecule has 0 aliphatic heterocycles. The Hall–Kier alpha value is -2.46. The van der Waals surface area contributed by atoms with Crippen LogP contribution in [0.4, 0.5) is 0 Å². The molecule has 108 valence electrons. The van der Waals surface area contributed by atoms with Gasteiger partial charge in [0.15, 0.2) is 11.3 Å². The molecule has 21 heavy (non-hydrogen) atoms. The summed E-state index contributed by atoms with van der Waals surface area (Å²) in [6.07, 6.45) is 0. The van der Waals surface area contributed by atoms with Crippen molar-refractivity contribution in [2.45, 2.75) is 13.1 Å². The summed E-state index contributed by atoms with van der Waals surface area (Å²) in [6.45, 7) is 1.35. The molecule has 3 rings (SSSR count). The summed E-state index contributed by atoms with van der Waals surface area (Å²) in [6, 6.07) is 15.0. The van der Waals surface area contributed by atoms with Crippen molar-refractivity contribution >= 4 is 11.0 Å². The quantitative estimate of drug-likeness (QED) is 0.753. The summed E-state index contributed by atoms with van der Waals surface area (Å²) in [5, 5.41) is 13.6. The summed E-state index contributed by atoms with van der Waals surface area (Å²) in [5.74, 6) is 1.90. The van der Waals surface area contributed by atoms with E-state index in [1.165, 1.54) is 0 Å². The fourth-order valence-corrected chi connectivity index (χ4v) is 2.28. The van der Waals surface area contributed by atoms with Gasteiger partial charge in [-0.2, -0.15) is 0 Å². The molecule has 3 aromatic rings. The van der Waals surface area contributed by atoms with E-state index in [1.54, 1.807) is 19.2 Å². The Morgan fingerprint density at radius 2 is 1.90 bits per heavy atom. The summed E-state index contributed by atoms with van der Waals surface area (Å²) in [7, 11) is 1.64. The number of phenolic OH excluding ortho intramolecular Hbond substituents is 1. The van der Waals surface area contributed by atoms with E-state index in [2.05, 4.69) is 5.32 Å². The molecule has 0 fully saturated rings. The molecular formula is C17H17NO3. The first-order valence-electron chi connectivity index (χ1n) is 6.80. The fraction of sp³-hybridized carbons (Fsp3) is 0.176. The molecule has 2 aromatic carbocycles. The number of methoxy groups -OCH3 is 1. The average molecular weight is 283 g/mol. The Kier molecular flexibility index (Phi) is 3.79. The molecule has 0 amide bonds. The van der Waals surface area contributed by atoms with Crippen molar-refractivity contribution in [3.05, 3.63) is 59.9 Å². The molecule has 0 saturated heterocycles. The van der Waals surface area contributed by atoms with Gasteiger partial charge >= 0.3 is 0 Å². The smallest absolute Gasteiger partial charge is 0.176 e. The van der Waals surface area contributed by atoms with Crippen LogP contribution < -0.4 is 10.1 Å². The maximum atomic E-state index is 9.24. The Morgan fingerprint density at radius 3 is 2.67 bits per heavy atom. The molecule has 0 saturated carbocycles. The van der Waals surface area contributed by atoms with Gasteiger partial charge in [0, 0.05) is 11.9 Å². The van der Waals surface area contributed by atoms with E-state index in [1.807, 2.05) is 36.4 Å². The van der Waals surface area contributed by atoms with E-state index in [9.17, 15) is 5.11 Å². The first-order chi connectivity index (χ1) is 10.3. The molecule has 4 nitrogen and oxygen atoms in total. The van der Waals surface area contributed by atoms with Crippen molar-refractivity contribution in [3.8, 4) is 11.5 Å². The van der Waals surface area contributed by atoms with Crippen LogP contribution in [0.1, 0.15) is 11.3 Å². The molecule has 2 N–H and O–H groups in total. The molecule has 0 aliphatic carbocycles. The molecule has 0 unspecified atom stereocenters. The number of ether oxygens (including phenoxy) is 1. The van der Waals surface area contributed by atoms with Crippen molar-refractivity contribution in [2.75, 3.05) is 7.11 Å². The Morgan fingerprint density at radius 1 is 1.10 bits per heavy atom. The summed E-state index contributed by atoms with van der Waals surface area (Å²) < 4.78 is 11.1. The molecular weight excluding hydrogens is 266 g/mol. The molecule has 0 aliphatic rings. The number of hydrogen-bond acceptors (Lipinski definition) is 4. The van der Waals surface area contributed by atoms with E-state index < -0.39 is 0 Å². The normalized spacial score (nSPS) is 10.9. The second kappa shape index (κ2) is 5.89. The second-order valence-electron chi connectivity index (χ2n) is 4.86. The SMILES string of the molecule is COc1cccc2cc(CNCc3ccc(O)cc3)oc12. The molecule has 0 spiro atoms. The summed E-state index contributed by atoms with van der Waals surface area (Å²) in [5.41, 5.74) is 1.89. The number of benzene rings is 2. The van der Waals surface area contributed by atoms with Gasteiger partial charge in [0.2, 0.25) is 0 Å². The van der Waals surface area contributed by atoms with Crippen LogP contribution in [-0.4, -0.2) is 12.2 Å². The lowest BCUT2D eigenvalue weighted by atomic mass is 10.2. The lowest BCUT2D eigenvalue weighted by molar-refractivity contribution is 0.406. The van der Waals surface area contributed by atoms with Crippen molar-refractivity contribution in [1.29, 1.82) is 0 Å². The predicted octanol–water partition coefficient (Wildman–Crippen LogP) is 3.44. The van der Waals surface area contributed by atoms with Crippen LogP contribution in [0.15, 0.2) is 52.9 Å². The van der Waals surface area contributed by atoms with E-state index in [-0.39, 0.29) is 5.75 Å². The van der Waals surface area contributed by atoms with Gasteiger partial charge in [-0.3, -0.25) is 0 Å². The lowest BCUT2D eigenvalue weighted by Gasteiger charge is -2.03. The number of rotatable bonds is 5. The number of nitrogens with one attached hydrogen (secondary N) is 1. The minimum absolute atomic E-state index is 0.281. The van der Waals surface area contributed by atoms with Crippen molar-refractivity contribution in [2.24, 2.45) is 0 Å². The molecule has 1 heterocycles. The summed E-state index contributed by atoms with van der Waals surface area (Å²) >= 11 is 0. The number of hydrogen-bond donors (Lipinski definition) is 2. The lowest BCUT2D eigenvalue weighted by Crippen LogP contribution is -2.11. The number of aromatic hydroxyl groups is 1. The van der Waals surface area contributed by atoms with Gasteiger partial charge < -0.3 is 19.6 Å². The van der Waals surface area contributed by atoms with Gasteiger partial charge in [0.05, 0.1) is 13.7 Å². The average Bonchev–Trinajstić information content (AvgIpc) is 2.92. The Balaban J connectivity index is 1.66. The minimum atomic E-state index is 0.281. The van der Waals surface area contributed by atoms with Crippen LogP contribution in [-0.2, 0) is 13.1 Å². The van der Waals surface area contributed by atoms with Gasteiger partial charge in [-0.25, -0.2) is 0 Å².